The zero-order valence-corrected chi connectivity index (χ0v) is 10.7. The van der Waals surface area contributed by atoms with Gasteiger partial charge in [0.1, 0.15) is 5.57 Å². The normalized spacial score (nSPS) is 15.1. The highest BCUT2D eigenvalue weighted by Crippen LogP contribution is 2.08. The Bertz CT molecular complexity index is 291. The SMILES string of the molecule is CCCCCCCCN1C=C(C#[N+][O-])CNC1. The Labute approximate surface area is 104 Å². The predicted molar refractivity (Wildman–Crippen MR) is 71.6 cm³/mol. The lowest BCUT2D eigenvalue weighted by Crippen LogP contribution is -2.36. The average Bonchev–Trinajstić information content (AvgIpc) is 2.35. The van der Waals surface area contributed by atoms with Crippen molar-refractivity contribution in [2.45, 2.75) is 45.4 Å². The van der Waals surface area contributed by atoms with Crippen LogP contribution in [0.3, 0.4) is 0 Å². The van der Waals surface area contributed by atoms with Crippen molar-refractivity contribution >= 4 is 0 Å². The molecule has 96 valence electrons. The fourth-order valence-electron chi connectivity index (χ4n) is 2.01. The van der Waals surface area contributed by atoms with Crippen molar-refractivity contribution < 1.29 is 0 Å². The van der Waals surface area contributed by atoms with Gasteiger partial charge in [-0.25, -0.2) is 0 Å². The molecule has 4 nitrogen and oxygen atoms in total. The summed E-state index contributed by atoms with van der Waals surface area (Å²) in [6.07, 6.45) is 9.83. The molecule has 0 bridgehead atoms. The lowest BCUT2D eigenvalue weighted by molar-refractivity contribution is 0.321. The number of unbranched alkanes of at least 4 members (excludes halogenated alkanes) is 5. The van der Waals surface area contributed by atoms with E-state index in [0.29, 0.717) is 6.54 Å². The molecule has 0 aromatic carbocycles. The van der Waals surface area contributed by atoms with Crippen LogP contribution < -0.4 is 5.32 Å². The van der Waals surface area contributed by atoms with Crippen molar-refractivity contribution in [1.29, 1.82) is 0 Å². The molecular weight excluding hydrogens is 214 g/mol. The van der Waals surface area contributed by atoms with Gasteiger partial charge in [0.05, 0.1) is 6.67 Å². The first-order valence-electron chi connectivity index (χ1n) is 6.60. The molecule has 1 aliphatic rings. The fourth-order valence-corrected chi connectivity index (χ4v) is 2.01. The standard InChI is InChI=1S/C13H23N3O/c1-2-3-4-5-6-7-8-16-11-13(10-15-17)9-14-12-16/h11,14H,2-9,12H2,1H3. The minimum atomic E-state index is 0.693. The number of rotatable bonds is 7. The van der Waals surface area contributed by atoms with Gasteiger partial charge in [-0.1, -0.05) is 39.0 Å². The molecule has 0 aliphatic carbocycles. The largest absolute Gasteiger partial charge is 0.498 e. The summed E-state index contributed by atoms with van der Waals surface area (Å²) in [6.45, 7) is 4.83. The van der Waals surface area contributed by atoms with E-state index in [1.54, 1.807) is 0 Å². The lowest BCUT2D eigenvalue weighted by Gasteiger charge is -2.24. The third-order valence-corrected chi connectivity index (χ3v) is 2.96. The van der Waals surface area contributed by atoms with Crippen molar-refractivity contribution in [2.75, 3.05) is 19.8 Å². The minimum absolute atomic E-state index is 0.693. The second-order valence-corrected chi connectivity index (χ2v) is 4.52. The van der Waals surface area contributed by atoms with Crippen LogP contribution >= 0.6 is 0 Å². The first kappa shape index (κ1) is 13.9. The maximum atomic E-state index is 10.1. The molecule has 17 heavy (non-hydrogen) atoms. The highest BCUT2D eigenvalue weighted by Gasteiger charge is 2.10. The van der Waals surface area contributed by atoms with Gasteiger partial charge in [0.25, 0.3) is 0 Å². The summed E-state index contributed by atoms with van der Waals surface area (Å²) in [5, 5.41) is 16.0. The van der Waals surface area contributed by atoms with Crippen molar-refractivity contribution in [1.82, 2.24) is 10.2 Å². The van der Waals surface area contributed by atoms with Gasteiger partial charge in [0.15, 0.2) is 0 Å². The topological polar surface area (TPSA) is 42.7 Å². The highest BCUT2D eigenvalue weighted by molar-refractivity contribution is 5.27. The van der Waals surface area contributed by atoms with Crippen LogP contribution in [0.25, 0.3) is 5.01 Å². The van der Waals surface area contributed by atoms with Crippen molar-refractivity contribution in [3.63, 3.8) is 0 Å². The summed E-state index contributed by atoms with van der Waals surface area (Å²) in [7, 11) is 0. The molecule has 0 spiro atoms. The van der Waals surface area contributed by atoms with E-state index in [1.165, 1.54) is 38.5 Å². The van der Waals surface area contributed by atoms with E-state index in [2.05, 4.69) is 28.2 Å². The molecule has 0 aromatic heterocycles. The van der Waals surface area contributed by atoms with Crippen molar-refractivity contribution in [2.24, 2.45) is 0 Å². The van der Waals surface area contributed by atoms with Crippen LogP contribution in [0, 0.1) is 11.3 Å². The summed E-state index contributed by atoms with van der Waals surface area (Å²) in [6, 6.07) is 2.46. The zero-order chi connectivity index (χ0) is 12.3. The summed E-state index contributed by atoms with van der Waals surface area (Å²) in [4.78, 5) is 2.19. The Kier molecular flexibility index (Phi) is 7.24. The monoisotopic (exact) mass is 237 g/mol. The maximum Gasteiger partial charge on any atom is 0.335 e. The zero-order valence-electron chi connectivity index (χ0n) is 10.7. The van der Waals surface area contributed by atoms with Crippen LogP contribution in [0.15, 0.2) is 11.8 Å². The van der Waals surface area contributed by atoms with E-state index in [9.17, 15) is 5.21 Å². The number of nitrogens with one attached hydrogen (secondary N) is 1. The average molecular weight is 237 g/mol. The van der Waals surface area contributed by atoms with E-state index in [-0.39, 0.29) is 0 Å². The van der Waals surface area contributed by atoms with Gasteiger partial charge in [0.2, 0.25) is 0 Å². The Morgan fingerprint density at radius 1 is 1.35 bits per heavy atom. The number of hydrogen-bond donors (Lipinski definition) is 1. The molecule has 0 saturated carbocycles. The fraction of sp³-hybridized carbons (Fsp3) is 0.769. The molecular formula is C13H23N3O. The van der Waals surface area contributed by atoms with Gasteiger partial charge < -0.3 is 10.1 Å². The van der Waals surface area contributed by atoms with Gasteiger partial charge in [-0.05, 0) is 6.42 Å². The molecule has 0 radical (unpaired) electrons. The van der Waals surface area contributed by atoms with E-state index in [4.69, 9.17) is 0 Å². The third kappa shape index (κ3) is 6.18. The van der Waals surface area contributed by atoms with E-state index < -0.39 is 0 Å². The Hall–Kier alpha value is -1.21. The van der Waals surface area contributed by atoms with E-state index >= 15 is 0 Å². The van der Waals surface area contributed by atoms with Gasteiger partial charge in [-0.15, -0.1) is 0 Å². The van der Waals surface area contributed by atoms with Crippen LogP contribution in [0.1, 0.15) is 45.4 Å². The first-order valence-corrected chi connectivity index (χ1v) is 6.60. The van der Waals surface area contributed by atoms with Gasteiger partial charge in [-0.2, -0.15) is 0 Å². The van der Waals surface area contributed by atoms with Crippen LogP contribution in [-0.2, 0) is 0 Å². The van der Waals surface area contributed by atoms with Crippen LogP contribution in [0.2, 0.25) is 0 Å². The van der Waals surface area contributed by atoms with Crippen molar-refractivity contribution in [3.8, 4) is 6.07 Å². The van der Waals surface area contributed by atoms with Crippen molar-refractivity contribution in [3.05, 3.63) is 22.0 Å². The molecule has 0 aromatic rings. The molecule has 0 amide bonds. The van der Waals surface area contributed by atoms with Gasteiger partial charge >= 0.3 is 6.07 Å². The Morgan fingerprint density at radius 3 is 2.88 bits per heavy atom. The molecule has 1 heterocycles. The molecule has 1 rings (SSSR count). The third-order valence-electron chi connectivity index (χ3n) is 2.96. The summed E-state index contributed by atoms with van der Waals surface area (Å²) in [5.41, 5.74) is 0.845. The lowest BCUT2D eigenvalue weighted by atomic mass is 10.1. The predicted octanol–water partition coefficient (Wildman–Crippen LogP) is 2.92. The van der Waals surface area contributed by atoms with Gasteiger partial charge in [-0.3, -0.25) is 5.32 Å². The molecule has 0 fully saturated rings. The minimum Gasteiger partial charge on any atom is -0.498 e. The summed E-state index contributed by atoms with van der Waals surface area (Å²) >= 11 is 0. The number of hydrogen-bond acceptors (Lipinski definition) is 3. The maximum absolute atomic E-state index is 10.1. The Balaban J connectivity index is 2.13. The highest BCUT2D eigenvalue weighted by atomic mass is 16.4. The summed E-state index contributed by atoms with van der Waals surface area (Å²) in [5.74, 6) is 0. The quantitative estimate of drug-likeness (QED) is 0.547. The van der Waals surface area contributed by atoms with Crippen LogP contribution in [0.4, 0.5) is 0 Å². The molecule has 0 saturated heterocycles. The molecule has 1 aliphatic heterocycles. The summed E-state index contributed by atoms with van der Waals surface area (Å²) < 4.78 is 0. The van der Waals surface area contributed by atoms with Crippen LogP contribution in [0.5, 0.6) is 0 Å². The van der Waals surface area contributed by atoms with Gasteiger partial charge in [0, 0.05) is 24.3 Å². The molecule has 0 atom stereocenters. The van der Waals surface area contributed by atoms with E-state index in [0.717, 1.165) is 18.8 Å². The Morgan fingerprint density at radius 2 is 2.12 bits per heavy atom. The smallest absolute Gasteiger partial charge is 0.335 e. The number of nitrogens with zero attached hydrogens (tertiary/aromatic N) is 2. The second kappa shape index (κ2) is 8.89. The second-order valence-electron chi connectivity index (χ2n) is 4.52. The molecule has 0 unspecified atom stereocenters. The van der Waals surface area contributed by atoms with E-state index in [1.807, 2.05) is 6.20 Å². The first-order chi connectivity index (χ1) is 8.36. The molecule has 1 N–H and O–H groups in total. The molecule has 4 heteroatoms. The van der Waals surface area contributed by atoms with Crippen LogP contribution in [-0.4, -0.2) is 24.7 Å².